The molecule has 3 heterocycles. The summed E-state index contributed by atoms with van der Waals surface area (Å²) in [7, 11) is 0. The average molecular weight is 382 g/mol. The third kappa shape index (κ3) is 2.99. The Kier molecular flexibility index (Phi) is 4.61. The fourth-order valence-electron chi connectivity index (χ4n) is 3.74. The molecule has 1 aliphatic rings. The van der Waals surface area contributed by atoms with E-state index < -0.39 is 0 Å². The van der Waals surface area contributed by atoms with E-state index in [9.17, 15) is 9.59 Å². The highest BCUT2D eigenvalue weighted by Crippen LogP contribution is 2.33. The summed E-state index contributed by atoms with van der Waals surface area (Å²) in [5, 5.41) is 0.704. The highest BCUT2D eigenvalue weighted by molar-refractivity contribution is 7.18. The molecule has 0 saturated carbocycles. The number of benzene rings is 1. The monoisotopic (exact) mass is 381 g/mol. The number of hydrogen-bond donors (Lipinski definition) is 0. The van der Waals surface area contributed by atoms with Crippen molar-refractivity contribution in [1.82, 2.24) is 14.0 Å². The van der Waals surface area contributed by atoms with Gasteiger partial charge in [-0.15, -0.1) is 11.3 Å². The second kappa shape index (κ2) is 6.94. The van der Waals surface area contributed by atoms with E-state index in [0.29, 0.717) is 17.6 Å². The molecule has 0 fully saturated rings. The fourth-order valence-corrected chi connectivity index (χ4v) is 5.12. The van der Waals surface area contributed by atoms with Gasteiger partial charge in [0.05, 0.1) is 11.1 Å². The quantitative estimate of drug-likeness (QED) is 0.652. The number of para-hydroxylation sites is 1. The lowest BCUT2D eigenvalue weighted by molar-refractivity contribution is 0.272. The molecule has 4 rings (SSSR count). The molecule has 27 heavy (non-hydrogen) atoms. The van der Waals surface area contributed by atoms with Gasteiger partial charge in [-0.3, -0.25) is 14.3 Å². The predicted octanol–water partition coefficient (Wildman–Crippen LogP) is 3.17. The maximum Gasteiger partial charge on any atom is 0.337 e. The highest BCUT2D eigenvalue weighted by atomic mass is 32.1. The molecule has 1 aromatic carbocycles. The minimum atomic E-state index is -0.298. The van der Waals surface area contributed by atoms with Crippen molar-refractivity contribution in [3.8, 4) is 5.69 Å². The Morgan fingerprint density at radius 1 is 1.22 bits per heavy atom. The van der Waals surface area contributed by atoms with E-state index in [4.69, 9.17) is 0 Å². The molecule has 0 amide bonds. The Bertz CT molecular complexity index is 1140. The first kappa shape index (κ1) is 17.9. The van der Waals surface area contributed by atoms with E-state index in [0.717, 1.165) is 42.0 Å². The summed E-state index contributed by atoms with van der Waals surface area (Å²) in [4.78, 5) is 31.0. The van der Waals surface area contributed by atoms with Crippen molar-refractivity contribution < 1.29 is 0 Å². The summed E-state index contributed by atoms with van der Waals surface area (Å²) in [5.41, 5.74) is 2.10. The lowest BCUT2D eigenvalue weighted by Crippen LogP contribution is -2.39. The zero-order valence-corrected chi connectivity index (χ0v) is 16.5. The van der Waals surface area contributed by atoms with Gasteiger partial charge in [0.1, 0.15) is 4.83 Å². The first-order chi connectivity index (χ1) is 13.0. The molecule has 0 radical (unpaired) electrons. The minimum Gasteiger partial charge on any atom is -0.298 e. The molecule has 140 valence electrons. The number of nitrogens with zero attached hydrogens (tertiary/aromatic N) is 3. The van der Waals surface area contributed by atoms with Gasteiger partial charge in [-0.2, -0.15) is 0 Å². The zero-order valence-electron chi connectivity index (χ0n) is 15.7. The van der Waals surface area contributed by atoms with Crippen LogP contribution >= 0.6 is 11.3 Å². The fraction of sp³-hybridized carbons (Fsp3) is 0.333. The van der Waals surface area contributed by atoms with Crippen molar-refractivity contribution in [2.75, 3.05) is 13.1 Å². The van der Waals surface area contributed by atoms with Crippen LogP contribution in [-0.4, -0.2) is 27.1 Å². The van der Waals surface area contributed by atoms with Gasteiger partial charge in [-0.05, 0) is 37.6 Å². The van der Waals surface area contributed by atoms with Crippen LogP contribution in [0.4, 0.5) is 0 Å². The van der Waals surface area contributed by atoms with Crippen molar-refractivity contribution in [3.63, 3.8) is 0 Å². The van der Waals surface area contributed by atoms with Crippen molar-refractivity contribution in [2.45, 2.75) is 33.4 Å². The van der Waals surface area contributed by atoms with Crippen LogP contribution < -0.4 is 11.2 Å². The van der Waals surface area contributed by atoms with E-state index in [2.05, 4.69) is 18.4 Å². The van der Waals surface area contributed by atoms with Gasteiger partial charge in [0.25, 0.3) is 5.56 Å². The minimum absolute atomic E-state index is 0.207. The number of rotatable bonds is 4. The first-order valence-corrected chi connectivity index (χ1v) is 10.0. The van der Waals surface area contributed by atoms with Crippen LogP contribution in [0.5, 0.6) is 0 Å². The second-order valence-corrected chi connectivity index (χ2v) is 8.19. The zero-order chi connectivity index (χ0) is 19.1. The van der Waals surface area contributed by atoms with Crippen LogP contribution in [0.1, 0.15) is 24.3 Å². The molecule has 1 aliphatic heterocycles. The Morgan fingerprint density at radius 3 is 2.63 bits per heavy atom. The number of fused-ring (bicyclic) bond motifs is 3. The van der Waals surface area contributed by atoms with Crippen LogP contribution in [-0.2, 0) is 19.5 Å². The standard InChI is InChI=1S/C21H23N3O2S/c1-4-22-11-10-16-17(13-22)27-20-18(16)19(25)24(15-8-6-5-7-9-15)21(26)23(20)12-14(2)3/h5-9H,2,4,10-13H2,1,3H3. The van der Waals surface area contributed by atoms with Crippen molar-refractivity contribution in [3.05, 3.63) is 73.8 Å². The molecule has 2 aromatic heterocycles. The molecule has 5 nitrogen and oxygen atoms in total. The van der Waals surface area contributed by atoms with E-state index in [1.165, 1.54) is 9.44 Å². The Labute approximate surface area is 161 Å². The summed E-state index contributed by atoms with van der Waals surface area (Å²) >= 11 is 1.59. The van der Waals surface area contributed by atoms with Gasteiger partial charge in [-0.25, -0.2) is 9.36 Å². The van der Waals surface area contributed by atoms with Crippen molar-refractivity contribution >= 4 is 21.6 Å². The molecule has 0 spiro atoms. The van der Waals surface area contributed by atoms with Gasteiger partial charge in [-0.1, -0.05) is 37.3 Å². The summed E-state index contributed by atoms with van der Waals surface area (Å²) in [6.07, 6.45) is 0.846. The lowest BCUT2D eigenvalue weighted by atomic mass is 10.1. The molecule has 0 unspecified atom stereocenters. The highest BCUT2D eigenvalue weighted by Gasteiger charge is 2.26. The van der Waals surface area contributed by atoms with Gasteiger partial charge in [0.15, 0.2) is 0 Å². The predicted molar refractivity (Wildman–Crippen MR) is 111 cm³/mol. The maximum atomic E-state index is 13.4. The van der Waals surface area contributed by atoms with Crippen LogP contribution in [0.2, 0.25) is 0 Å². The summed E-state index contributed by atoms with van der Waals surface area (Å²) in [5.74, 6) is 0. The molecule has 0 aliphatic carbocycles. The summed E-state index contributed by atoms with van der Waals surface area (Å²) < 4.78 is 3.02. The van der Waals surface area contributed by atoms with Gasteiger partial charge < -0.3 is 0 Å². The van der Waals surface area contributed by atoms with Gasteiger partial charge in [0, 0.05) is 24.5 Å². The lowest BCUT2D eigenvalue weighted by Gasteiger charge is -2.24. The number of hydrogen-bond acceptors (Lipinski definition) is 4. The third-order valence-electron chi connectivity index (χ3n) is 5.09. The van der Waals surface area contributed by atoms with E-state index in [-0.39, 0.29) is 11.2 Å². The summed E-state index contributed by atoms with van der Waals surface area (Å²) in [6.45, 7) is 11.2. The molecule has 0 saturated heterocycles. The normalized spacial score (nSPS) is 14.4. The van der Waals surface area contributed by atoms with E-state index >= 15 is 0 Å². The van der Waals surface area contributed by atoms with Crippen LogP contribution in [0.3, 0.4) is 0 Å². The first-order valence-electron chi connectivity index (χ1n) is 9.23. The number of allylic oxidation sites excluding steroid dienone is 1. The smallest absolute Gasteiger partial charge is 0.298 e. The maximum absolute atomic E-state index is 13.4. The van der Waals surface area contributed by atoms with Crippen molar-refractivity contribution in [2.24, 2.45) is 0 Å². The topological polar surface area (TPSA) is 47.2 Å². The van der Waals surface area contributed by atoms with Crippen molar-refractivity contribution in [1.29, 1.82) is 0 Å². The van der Waals surface area contributed by atoms with Crippen LogP contribution in [0.25, 0.3) is 15.9 Å². The molecule has 0 atom stereocenters. The molecule has 0 bridgehead atoms. The van der Waals surface area contributed by atoms with Gasteiger partial charge in [0.2, 0.25) is 0 Å². The molecular formula is C21H23N3O2S. The van der Waals surface area contributed by atoms with E-state index in [1.807, 2.05) is 25.1 Å². The molecule has 0 N–H and O–H groups in total. The van der Waals surface area contributed by atoms with Gasteiger partial charge >= 0.3 is 5.69 Å². The number of aromatic nitrogens is 2. The second-order valence-electron chi connectivity index (χ2n) is 7.10. The Balaban J connectivity index is 2.07. The van der Waals surface area contributed by atoms with E-state index in [1.54, 1.807) is 28.0 Å². The number of thiophene rings is 1. The molecule has 3 aromatic rings. The molecular weight excluding hydrogens is 358 g/mol. The SMILES string of the molecule is C=C(C)Cn1c(=O)n(-c2ccccc2)c(=O)c2c3c(sc21)CN(CC)CC3. The Morgan fingerprint density at radius 2 is 1.96 bits per heavy atom. The summed E-state index contributed by atoms with van der Waals surface area (Å²) in [6, 6.07) is 9.17. The van der Waals surface area contributed by atoms with Crippen LogP contribution in [0.15, 0.2) is 52.1 Å². The third-order valence-corrected chi connectivity index (χ3v) is 6.33. The average Bonchev–Trinajstić information content (AvgIpc) is 3.04. The number of likely N-dealkylation sites (N-methyl/N-ethyl adjacent to an activating group) is 1. The Hall–Kier alpha value is -2.44. The van der Waals surface area contributed by atoms with Crippen LogP contribution in [0, 0.1) is 0 Å². The molecule has 6 heteroatoms. The largest absolute Gasteiger partial charge is 0.337 e.